The SMILES string of the molecule is O=c1c2ccccc2nc(-c2cccc(C(F)(F)F)c2)n1N=Cc1ccc(-c2ccc(Br)c(Cl)c2)o1. The Bertz CT molecular complexity index is 1690. The van der Waals surface area contributed by atoms with E-state index >= 15 is 0 Å². The van der Waals surface area contributed by atoms with Gasteiger partial charge in [-0.05, 0) is 64.5 Å². The number of fused-ring (bicyclic) bond motifs is 1. The first-order valence-electron chi connectivity index (χ1n) is 10.5. The minimum Gasteiger partial charge on any atom is -0.455 e. The maximum absolute atomic E-state index is 13.3. The smallest absolute Gasteiger partial charge is 0.416 e. The third-order valence-corrected chi connectivity index (χ3v) is 6.57. The monoisotopic (exact) mass is 571 g/mol. The maximum atomic E-state index is 13.3. The number of halogens is 5. The molecule has 0 atom stereocenters. The highest BCUT2D eigenvalue weighted by Crippen LogP contribution is 2.32. The first kappa shape index (κ1) is 24.0. The molecule has 0 unspecified atom stereocenters. The van der Waals surface area contributed by atoms with Crippen molar-refractivity contribution in [3.05, 3.63) is 110 Å². The van der Waals surface area contributed by atoms with E-state index in [1.54, 1.807) is 48.5 Å². The Kier molecular flexibility index (Phi) is 6.27. The van der Waals surface area contributed by atoms with Gasteiger partial charge >= 0.3 is 6.18 Å². The topological polar surface area (TPSA) is 60.4 Å². The van der Waals surface area contributed by atoms with E-state index in [1.807, 2.05) is 6.07 Å². The molecule has 5 rings (SSSR count). The minimum atomic E-state index is -4.55. The number of aromatic nitrogens is 2. The van der Waals surface area contributed by atoms with Crippen LogP contribution in [0.5, 0.6) is 0 Å². The predicted octanol–water partition coefficient (Wildman–Crippen LogP) is 7.64. The summed E-state index contributed by atoms with van der Waals surface area (Å²) in [5.74, 6) is 0.805. The second-order valence-corrected chi connectivity index (χ2v) is 8.99. The first-order chi connectivity index (χ1) is 17.2. The molecule has 5 nitrogen and oxygen atoms in total. The summed E-state index contributed by atoms with van der Waals surface area (Å²) in [6, 6.07) is 19.9. The van der Waals surface area contributed by atoms with Crippen LogP contribution in [0.1, 0.15) is 11.3 Å². The van der Waals surface area contributed by atoms with Crippen LogP contribution in [0.15, 0.2) is 97.6 Å². The maximum Gasteiger partial charge on any atom is 0.416 e. The molecule has 36 heavy (non-hydrogen) atoms. The summed E-state index contributed by atoms with van der Waals surface area (Å²) in [6.07, 6.45) is -3.25. The highest BCUT2D eigenvalue weighted by molar-refractivity contribution is 9.10. The molecule has 0 bridgehead atoms. The van der Waals surface area contributed by atoms with E-state index in [1.165, 1.54) is 18.3 Å². The Morgan fingerprint density at radius 1 is 0.972 bits per heavy atom. The third-order valence-electron chi connectivity index (χ3n) is 5.33. The van der Waals surface area contributed by atoms with Crippen molar-refractivity contribution in [2.24, 2.45) is 5.10 Å². The normalized spacial score (nSPS) is 12.0. The van der Waals surface area contributed by atoms with Crippen molar-refractivity contribution in [3.63, 3.8) is 0 Å². The van der Waals surface area contributed by atoms with Crippen LogP contribution < -0.4 is 5.56 Å². The highest BCUT2D eigenvalue weighted by Gasteiger charge is 2.31. The summed E-state index contributed by atoms with van der Waals surface area (Å²) >= 11 is 9.50. The largest absolute Gasteiger partial charge is 0.455 e. The molecule has 2 aromatic heterocycles. The van der Waals surface area contributed by atoms with Gasteiger partial charge in [0.2, 0.25) is 0 Å². The van der Waals surface area contributed by atoms with Gasteiger partial charge in [-0.3, -0.25) is 4.79 Å². The van der Waals surface area contributed by atoms with Gasteiger partial charge < -0.3 is 4.42 Å². The lowest BCUT2D eigenvalue weighted by molar-refractivity contribution is -0.137. The van der Waals surface area contributed by atoms with Crippen molar-refractivity contribution < 1.29 is 17.6 Å². The average molecular weight is 573 g/mol. The van der Waals surface area contributed by atoms with E-state index in [4.69, 9.17) is 16.0 Å². The Morgan fingerprint density at radius 2 is 1.78 bits per heavy atom. The van der Waals surface area contributed by atoms with Crippen LogP contribution >= 0.6 is 27.5 Å². The molecule has 2 heterocycles. The van der Waals surface area contributed by atoms with Crippen LogP contribution in [0, 0.1) is 0 Å². The summed E-state index contributed by atoms with van der Waals surface area (Å²) in [5.41, 5.74) is -0.224. The van der Waals surface area contributed by atoms with Crippen LogP contribution in [0.2, 0.25) is 5.02 Å². The molecule has 0 radical (unpaired) electrons. The van der Waals surface area contributed by atoms with E-state index in [2.05, 4.69) is 26.0 Å². The quantitative estimate of drug-likeness (QED) is 0.208. The molecule has 0 aliphatic carbocycles. The number of hydrogen-bond acceptors (Lipinski definition) is 4. The van der Waals surface area contributed by atoms with Crippen LogP contribution in [0.3, 0.4) is 0 Å². The fraction of sp³-hybridized carbons (Fsp3) is 0.0385. The van der Waals surface area contributed by atoms with Gasteiger partial charge in [0, 0.05) is 15.6 Å². The second kappa shape index (κ2) is 9.40. The zero-order valence-electron chi connectivity index (χ0n) is 18.1. The lowest BCUT2D eigenvalue weighted by Crippen LogP contribution is -2.20. The van der Waals surface area contributed by atoms with Crippen molar-refractivity contribution >= 4 is 44.6 Å². The molecule has 0 aliphatic rings. The standard InChI is InChI=1S/C26H14BrClF3N3O2/c27-20-10-8-15(13-21(20)28)23-11-9-18(36-23)14-32-34-24(16-4-3-5-17(12-16)26(29,30)31)33-22-7-2-1-6-19(22)25(34)35/h1-14H. The van der Waals surface area contributed by atoms with Crippen LogP contribution in [-0.4, -0.2) is 15.9 Å². The Morgan fingerprint density at radius 3 is 2.56 bits per heavy atom. The minimum absolute atomic E-state index is 0.0347. The van der Waals surface area contributed by atoms with Gasteiger partial charge in [0.1, 0.15) is 11.5 Å². The summed E-state index contributed by atoms with van der Waals surface area (Å²) in [5, 5.41) is 5.03. The molecule has 0 amide bonds. The summed E-state index contributed by atoms with van der Waals surface area (Å²) in [4.78, 5) is 17.7. The van der Waals surface area contributed by atoms with Gasteiger partial charge in [-0.15, -0.1) is 0 Å². The van der Waals surface area contributed by atoms with Gasteiger partial charge in [0.05, 0.1) is 27.7 Å². The van der Waals surface area contributed by atoms with E-state index < -0.39 is 17.3 Å². The fourth-order valence-electron chi connectivity index (χ4n) is 3.59. The molecule has 0 aliphatic heterocycles. The number of rotatable bonds is 4. The third kappa shape index (κ3) is 4.72. The van der Waals surface area contributed by atoms with Crippen molar-refractivity contribution in [2.45, 2.75) is 6.18 Å². The molecule has 180 valence electrons. The molecule has 10 heteroatoms. The molecule has 0 saturated carbocycles. The molecule has 5 aromatic rings. The van der Waals surface area contributed by atoms with Gasteiger partial charge in [0.15, 0.2) is 5.82 Å². The van der Waals surface area contributed by atoms with Gasteiger partial charge in [-0.1, -0.05) is 41.9 Å². The molecule has 0 spiro atoms. The highest BCUT2D eigenvalue weighted by atomic mass is 79.9. The number of benzene rings is 3. The van der Waals surface area contributed by atoms with E-state index in [0.29, 0.717) is 22.1 Å². The van der Waals surface area contributed by atoms with Gasteiger partial charge in [0.25, 0.3) is 5.56 Å². The Hall–Kier alpha value is -3.69. The zero-order chi connectivity index (χ0) is 25.4. The Labute approximate surface area is 215 Å². The van der Waals surface area contributed by atoms with Crippen LogP contribution in [0.4, 0.5) is 13.2 Å². The number of hydrogen-bond donors (Lipinski definition) is 0. The molecular formula is C26H14BrClF3N3O2. The van der Waals surface area contributed by atoms with Gasteiger partial charge in [-0.25, -0.2) is 4.98 Å². The van der Waals surface area contributed by atoms with Crippen molar-refractivity contribution in [2.75, 3.05) is 0 Å². The van der Waals surface area contributed by atoms with Crippen LogP contribution in [0.25, 0.3) is 33.6 Å². The Balaban J connectivity index is 1.60. The number of furan rings is 1. The number of alkyl halides is 3. The van der Waals surface area contributed by atoms with E-state index in [9.17, 15) is 18.0 Å². The lowest BCUT2D eigenvalue weighted by atomic mass is 10.1. The summed E-state index contributed by atoms with van der Waals surface area (Å²) in [6.45, 7) is 0. The first-order valence-corrected chi connectivity index (χ1v) is 11.7. The number of para-hydroxylation sites is 1. The fourth-order valence-corrected chi connectivity index (χ4v) is 4.02. The molecular weight excluding hydrogens is 559 g/mol. The average Bonchev–Trinajstić information content (AvgIpc) is 3.34. The summed E-state index contributed by atoms with van der Waals surface area (Å²) < 4.78 is 47.5. The molecule has 0 N–H and O–H groups in total. The lowest BCUT2D eigenvalue weighted by Gasteiger charge is -2.11. The van der Waals surface area contributed by atoms with Gasteiger partial charge in [-0.2, -0.15) is 22.9 Å². The van der Waals surface area contributed by atoms with E-state index in [0.717, 1.165) is 26.8 Å². The van der Waals surface area contributed by atoms with Crippen LogP contribution in [-0.2, 0) is 6.18 Å². The second-order valence-electron chi connectivity index (χ2n) is 7.72. The number of nitrogens with zero attached hydrogens (tertiary/aromatic N) is 3. The molecule has 0 fully saturated rings. The summed E-state index contributed by atoms with van der Waals surface area (Å²) in [7, 11) is 0. The molecule has 0 saturated heterocycles. The molecule has 3 aromatic carbocycles. The van der Waals surface area contributed by atoms with E-state index in [-0.39, 0.29) is 16.8 Å². The predicted molar refractivity (Wildman–Crippen MR) is 136 cm³/mol. The van der Waals surface area contributed by atoms with Crippen molar-refractivity contribution in [1.29, 1.82) is 0 Å². The van der Waals surface area contributed by atoms with Crippen molar-refractivity contribution in [3.8, 4) is 22.7 Å². The zero-order valence-corrected chi connectivity index (χ0v) is 20.5. The van der Waals surface area contributed by atoms with Crippen molar-refractivity contribution in [1.82, 2.24) is 9.66 Å².